The Morgan fingerprint density at radius 2 is 1.76 bits per heavy atom. The molecule has 0 aromatic rings. The van der Waals surface area contributed by atoms with Crippen LogP contribution in [0.15, 0.2) is 0 Å². The summed E-state index contributed by atoms with van der Waals surface area (Å²) >= 11 is 5.85. The Morgan fingerprint density at radius 3 is 2.29 bits per heavy atom. The molecule has 0 atom stereocenters. The largest absolute Gasteiger partial charge is 0.385 e. The normalized spacial score (nSPS) is 18.5. The van der Waals surface area contributed by atoms with E-state index in [0.29, 0.717) is 57.6 Å². The lowest BCUT2D eigenvalue weighted by molar-refractivity contribution is 0.159. The van der Waals surface area contributed by atoms with Gasteiger partial charge < -0.3 is 9.47 Å². The standard InChI is InChI=1S/C13H27ClN2O4S/c1-19-10-3-6-15(9-11-20-2)21(17,18)16-7-4-13(12-14)5-8-16/h13H,3-12H2,1-2H3. The third-order valence-corrected chi connectivity index (χ3v) is 6.22. The minimum absolute atomic E-state index is 0.373. The molecule has 0 amide bonds. The molecule has 1 saturated heterocycles. The van der Waals surface area contributed by atoms with E-state index in [-0.39, 0.29) is 0 Å². The summed E-state index contributed by atoms with van der Waals surface area (Å²) in [5.74, 6) is 1.04. The maximum atomic E-state index is 12.7. The van der Waals surface area contributed by atoms with E-state index in [1.54, 1.807) is 18.5 Å². The molecule has 1 aliphatic heterocycles. The molecule has 6 nitrogen and oxygen atoms in total. The van der Waals surface area contributed by atoms with Gasteiger partial charge in [0.15, 0.2) is 0 Å². The number of ether oxygens (including phenoxy) is 2. The molecule has 0 saturated carbocycles. The second-order valence-electron chi connectivity index (χ2n) is 5.24. The Kier molecular flexibility index (Phi) is 9.08. The lowest BCUT2D eigenvalue weighted by atomic mass is 10.0. The van der Waals surface area contributed by atoms with Gasteiger partial charge >= 0.3 is 0 Å². The van der Waals surface area contributed by atoms with E-state index < -0.39 is 10.2 Å². The predicted molar refractivity (Wildman–Crippen MR) is 83.9 cm³/mol. The van der Waals surface area contributed by atoms with Gasteiger partial charge in [-0.15, -0.1) is 11.6 Å². The van der Waals surface area contributed by atoms with Gasteiger partial charge in [-0.2, -0.15) is 17.0 Å². The zero-order chi connectivity index (χ0) is 15.7. The van der Waals surface area contributed by atoms with Gasteiger partial charge in [-0.05, 0) is 25.2 Å². The number of hydrogen-bond acceptors (Lipinski definition) is 4. The fourth-order valence-corrected chi connectivity index (χ4v) is 4.35. The molecule has 1 fully saturated rings. The van der Waals surface area contributed by atoms with E-state index >= 15 is 0 Å². The van der Waals surface area contributed by atoms with Crippen LogP contribution in [0, 0.1) is 5.92 Å². The molecule has 0 aromatic heterocycles. The SMILES string of the molecule is COCCCN(CCOC)S(=O)(=O)N1CCC(CCl)CC1. The van der Waals surface area contributed by atoms with Gasteiger partial charge in [-0.25, -0.2) is 0 Å². The van der Waals surface area contributed by atoms with Crippen molar-refractivity contribution in [1.29, 1.82) is 0 Å². The van der Waals surface area contributed by atoms with Crippen molar-refractivity contribution in [2.75, 3.05) is 59.5 Å². The second-order valence-corrected chi connectivity index (χ2v) is 7.48. The summed E-state index contributed by atoms with van der Waals surface area (Å²) in [5.41, 5.74) is 0. The van der Waals surface area contributed by atoms with Gasteiger partial charge in [0.25, 0.3) is 10.2 Å². The molecule has 126 valence electrons. The maximum absolute atomic E-state index is 12.7. The van der Waals surface area contributed by atoms with E-state index in [1.807, 2.05) is 0 Å². The molecule has 1 rings (SSSR count). The Labute approximate surface area is 133 Å². The number of alkyl halides is 1. The van der Waals surface area contributed by atoms with Gasteiger partial charge in [0.05, 0.1) is 6.61 Å². The van der Waals surface area contributed by atoms with Crippen molar-refractivity contribution in [2.24, 2.45) is 5.92 Å². The van der Waals surface area contributed by atoms with E-state index in [9.17, 15) is 8.42 Å². The number of nitrogens with zero attached hydrogens (tertiary/aromatic N) is 2. The third kappa shape index (κ3) is 6.00. The van der Waals surface area contributed by atoms with Gasteiger partial charge in [0.1, 0.15) is 0 Å². The average molecular weight is 343 g/mol. The van der Waals surface area contributed by atoms with Crippen LogP contribution < -0.4 is 0 Å². The number of halogens is 1. The van der Waals surface area contributed by atoms with Crippen molar-refractivity contribution in [1.82, 2.24) is 8.61 Å². The minimum atomic E-state index is -3.42. The molecule has 0 radical (unpaired) electrons. The van der Waals surface area contributed by atoms with E-state index in [1.165, 1.54) is 4.31 Å². The van der Waals surface area contributed by atoms with Gasteiger partial charge in [-0.3, -0.25) is 0 Å². The first kappa shape index (κ1) is 19.1. The van der Waals surface area contributed by atoms with E-state index in [4.69, 9.17) is 21.1 Å². The maximum Gasteiger partial charge on any atom is 0.282 e. The zero-order valence-electron chi connectivity index (χ0n) is 13.0. The van der Waals surface area contributed by atoms with Gasteiger partial charge in [0, 0.05) is 52.9 Å². The fourth-order valence-electron chi connectivity index (χ4n) is 2.38. The first-order chi connectivity index (χ1) is 10.1. The summed E-state index contributed by atoms with van der Waals surface area (Å²) in [6.45, 7) is 2.87. The Hall–Kier alpha value is 0.0800. The van der Waals surface area contributed by atoms with Crippen LogP contribution in [-0.2, 0) is 19.7 Å². The molecule has 0 aromatic carbocycles. The highest BCUT2D eigenvalue weighted by molar-refractivity contribution is 7.86. The highest BCUT2D eigenvalue weighted by atomic mass is 35.5. The Bertz CT molecular complexity index is 372. The lowest BCUT2D eigenvalue weighted by Gasteiger charge is -2.34. The molecule has 0 unspecified atom stereocenters. The summed E-state index contributed by atoms with van der Waals surface area (Å²) in [7, 11) is -0.229. The van der Waals surface area contributed by atoms with E-state index in [2.05, 4.69) is 0 Å². The summed E-state index contributed by atoms with van der Waals surface area (Å²) in [4.78, 5) is 0. The fraction of sp³-hybridized carbons (Fsp3) is 1.00. The first-order valence-corrected chi connectivity index (χ1v) is 9.28. The number of hydrogen-bond donors (Lipinski definition) is 0. The number of methoxy groups -OCH3 is 2. The summed E-state index contributed by atoms with van der Waals surface area (Å²) in [6.07, 6.45) is 2.34. The van der Waals surface area contributed by atoms with Crippen molar-refractivity contribution in [2.45, 2.75) is 19.3 Å². The minimum Gasteiger partial charge on any atom is -0.385 e. The van der Waals surface area contributed by atoms with Crippen molar-refractivity contribution in [3.8, 4) is 0 Å². The molecular weight excluding hydrogens is 316 g/mol. The smallest absolute Gasteiger partial charge is 0.282 e. The van der Waals surface area contributed by atoms with Crippen LogP contribution >= 0.6 is 11.6 Å². The highest BCUT2D eigenvalue weighted by Gasteiger charge is 2.32. The Morgan fingerprint density at radius 1 is 1.14 bits per heavy atom. The molecule has 1 heterocycles. The molecule has 21 heavy (non-hydrogen) atoms. The number of rotatable bonds is 10. The Balaban J connectivity index is 2.64. The van der Waals surface area contributed by atoms with Gasteiger partial charge in [0.2, 0.25) is 0 Å². The third-order valence-electron chi connectivity index (χ3n) is 3.75. The molecular formula is C13H27ClN2O4S. The molecule has 0 aliphatic carbocycles. The topological polar surface area (TPSA) is 59.1 Å². The molecule has 1 aliphatic rings. The summed E-state index contributed by atoms with van der Waals surface area (Å²) in [6, 6.07) is 0. The van der Waals surface area contributed by atoms with Crippen LogP contribution in [0.5, 0.6) is 0 Å². The van der Waals surface area contributed by atoms with Crippen LogP contribution in [0.2, 0.25) is 0 Å². The molecule has 0 N–H and O–H groups in total. The molecule has 0 bridgehead atoms. The van der Waals surface area contributed by atoms with Crippen LogP contribution in [0.1, 0.15) is 19.3 Å². The van der Waals surface area contributed by atoms with Crippen molar-refractivity contribution in [3.63, 3.8) is 0 Å². The molecule has 8 heteroatoms. The quantitative estimate of drug-likeness (QED) is 0.441. The van der Waals surface area contributed by atoms with Crippen molar-refractivity contribution in [3.05, 3.63) is 0 Å². The average Bonchev–Trinajstić information content (AvgIpc) is 2.50. The van der Waals surface area contributed by atoms with Crippen LogP contribution in [0.4, 0.5) is 0 Å². The van der Waals surface area contributed by atoms with Crippen LogP contribution in [0.3, 0.4) is 0 Å². The zero-order valence-corrected chi connectivity index (χ0v) is 14.5. The van der Waals surface area contributed by atoms with Gasteiger partial charge in [-0.1, -0.05) is 0 Å². The first-order valence-electron chi connectivity index (χ1n) is 7.35. The molecule has 0 spiro atoms. The van der Waals surface area contributed by atoms with Crippen LogP contribution in [0.25, 0.3) is 0 Å². The second kappa shape index (κ2) is 9.97. The van der Waals surface area contributed by atoms with Crippen molar-refractivity contribution < 1.29 is 17.9 Å². The van der Waals surface area contributed by atoms with Crippen LogP contribution in [-0.4, -0.2) is 76.5 Å². The lowest BCUT2D eigenvalue weighted by Crippen LogP contribution is -2.48. The predicted octanol–water partition coefficient (Wildman–Crippen LogP) is 1.17. The van der Waals surface area contributed by atoms with E-state index in [0.717, 1.165) is 12.8 Å². The summed E-state index contributed by atoms with van der Waals surface area (Å²) < 4.78 is 38.5. The number of piperidine rings is 1. The highest BCUT2D eigenvalue weighted by Crippen LogP contribution is 2.22. The van der Waals surface area contributed by atoms with Crippen molar-refractivity contribution >= 4 is 21.8 Å². The summed E-state index contributed by atoms with van der Waals surface area (Å²) in [5, 5.41) is 0. The monoisotopic (exact) mass is 342 g/mol.